The number of benzene rings is 3. The molecule has 0 bridgehead atoms. The standard InChI is InChI=1S/C31H30N2O9S/c1-39-21-13-11-19(12-14-21)16-41-31(38)29(37)33-28(36)27(32-26(35)17-40-22-8-3-2-4-9-22)30(33)43-18-23(34)25-15-20-7-5-6-10-24(20)42-25/h2-14,25,27,29-30,37H,15-18H2,1H3,(H,32,35)/t25?,27-,29?,30-/m1/s1. The van der Waals surface area contributed by atoms with E-state index in [2.05, 4.69) is 5.32 Å². The molecule has 0 saturated carbocycles. The van der Waals surface area contributed by atoms with Crippen molar-refractivity contribution in [1.29, 1.82) is 0 Å². The molecule has 5 rings (SSSR count). The van der Waals surface area contributed by atoms with Gasteiger partial charge in [0.05, 0.1) is 12.9 Å². The predicted molar refractivity (Wildman–Crippen MR) is 155 cm³/mol. The number of esters is 1. The van der Waals surface area contributed by atoms with Gasteiger partial charge in [-0.15, -0.1) is 11.8 Å². The molecule has 2 heterocycles. The Hall–Kier alpha value is -4.55. The van der Waals surface area contributed by atoms with E-state index in [0.717, 1.165) is 22.2 Å². The molecule has 2 aliphatic heterocycles. The molecule has 43 heavy (non-hydrogen) atoms. The highest BCUT2D eigenvalue weighted by Gasteiger charge is 2.53. The van der Waals surface area contributed by atoms with Gasteiger partial charge < -0.3 is 29.4 Å². The fourth-order valence-corrected chi connectivity index (χ4v) is 5.90. The molecule has 4 atom stereocenters. The number of Topliss-reactive ketones (excluding diaryl/α,β-unsaturated/α-hetero) is 1. The lowest BCUT2D eigenvalue weighted by Gasteiger charge is -2.47. The Morgan fingerprint density at radius 1 is 1.02 bits per heavy atom. The number of thioether (sulfide) groups is 1. The number of methoxy groups -OCH3 is 1. The van der Waals surface area contributed by atoms with Crippen molar-refractivity contribution in [2.24, 2.45) is 0 Å². The first kappa shape index (κ1) is 29.9. The normalized spacial score (nSPS) is 19.3. The van der Waals surface area contributed by atoms with Crippen LogP contribution in [-0.2, 0) is 36.9 Å². The highest BCUT2D eigenvalue weighted by molar-refractivity contribution is 8.00. The molecule has 0 radical (unpaired) electrons. The van der Waals surface area contributed by atoms with Crippen molar-refractivity contribution in [1.82, 2.24) is 10.2 Å². The fraction of sp³-hybridized carbons (Fsp3) is 0.290. The maximum absolute atomic E-state index is 13.1. The van der Waals surface area contributed by atoms with Crippen LogP contribution in [0.4, 0.5) is 0 Å². The number of hydrogen-bond donors (Lipinski definition) is 2. The number of likely N-dealkylation sites (tertiary alicyclic amines) is 1. The summed E-state index contributed by atoms with van der Waals surface area (Å²) in [7, 11) is 1.53. The van der Waals surface area contributed by atoms with E-state index in [1.807, 2.05) is 18.2 Å². The van der Waals surface area contributed by atoms with Crippen LogP contribution in [-0.4, -0.2) is 76.8 Å². The lowest BCUT2D eigenvalue weighted by Crippen LogP contribution is -2.73. The molecule has 0 spiro atoms. The number of nitrogens with zero attached hydrogens (tertiary/aromatic N) is 1. The van der Waals surface area contributed by atoms with E-state index in [-0.39, 0.29) is 24.7 Å². The molecule has 1 saturated heterocycles. The van der Waals surface area contributed by atoms with E-state index < -0.39 is 41.5 Å². The second-order valence-electron chi connectivity index (χ2n) is 9.81. The number of fused-ring (bicyclic) bond motifs is 1. The number of ketones is 1. The first-order valence-corrected chi connectivity index (χ1v) is 14.5. The summed E-state index contributed by atoms with van der Waals surface area (Å²) in [4.78, 5) is 52.4. The number of aliphatic hydroxyl groups is 1. The molecule has 11 nitrogen and oxygen atoms in total. The summed E-state index contributed by atoms with van der Waals surface area (Å²) in [6.45, 7) is -0.500. The summed E-state index contributed by atoms with van der Waals surface area (Å²) >= 11 is 1.02. The zero-order valence-corrected chi connectivity index (χ0v) is 24.0. The highest BCUT2D eigenvalue weighted by Crippen LogP contribution is 2.34. The van der Waals surface area contributed by atoms with Gasteiger partial charge in [0, 0.05) is 6.42 Å². The number of carbonyl (C=O) groups excluding carboxylic acids is 4. The fourth-order valence-electron chi connectivity index (χ4n) is 4.62. The van der Waals surface area contributed by atoms with Gasteiger partial charge in [0.15, 0.2) is 18.5 Å². The molecule has 3 aromatic rings. The van der Waals surface area contributed by atoms with Crippen molar-refractivity contribution in [3.05, 3.63) is 90.0 Å². The maximum Gasteiger partial charge on any atom is 0.356 e. The highest BCUT2D eigenvalue weighted by atomic mass is 32.2. The second kappa shape index (κ2) is 13.6. The van der Waals surface area contributed by atoms with Crippen molar-refractivity contribution in [2.45, 2.75) is 36.8 Å². The molecule has 0 aromatic heterocycles. The molecule has 2 amide bonds. The zero-order valence-electron chi connectivity index (χ0n) is 23.2. The molecular weight excluding hydrogens is 576 g/mol. The van der Waals surface area contributed by atoms with Gasteiger partial charge in [0.1, 0.15) is 35.3 Å². The monoisotopic (exact) mass is 606 g/mol. The Morgan fingerprint density at radius 2 is 1.74 bits per heavy atom. The summed E-state index contributed by atoms with van der Waals surface area (Å²) in [5.74, 6) is -0.894. The van der Waals surface area contributed by atoms with Crippen LogP contribution >= 0.6 is 11.8 Å². The number of rotatable bonds is 13. The SMILES string of the molecule is COc1ccc(COC(=O)C(O)N2C(=O)[C@@H](NC(=O)COc3ccccc3)[C@H]2SCC(=O)C2Cc3ccccc3O2)cc1. The minimum absolute atomic E-state index is 0.0897. The van der Waals surface area contributed by atoms with Crippen LogP contribution in [0.1, 0.15) is 11.1 Å². The van der Waals surface area contributed by atoms with Gasteiger partial charge in [-0.05, 0) is 41.5 Å². The van der Waals surface area contributed by atoms with Crippen molar-refractivity contribution in [3.8, 4) is 17.2 Å². The molecule has 2 aliphatic rings. The summed E-state index contributed by atoms with van der Waals surface area (Å²) in [5.41, 5.74) is 1.57. The van der Waals surface area contributed by atoms with E-state index in [1.165, 1.54) is 7.11 Å². The molecule has 2 unspecified atom stereocenters. The average molecular weight is 607 g/mol. The molecule has 1 fully saturated rings. The number of hydrogen-bond acceptors (Lipinski definition) is 10. The van der Waals surface area contributed by atoms with Gasteiger partial charge in [-0.1, -0.05) is 48.5 Å². The molecule has 2 N–H and O–H groups in total. The third kappa shape index (κ3) is 7.09. The van der Waals surface area contributed by atoms with Gasteiger partial charge in [0.2, 0.25) is 6.23 Å². The largest absolute Gasteiger partial charge is 0.497 e. The first-order chi connectivity index (χ1) is 20.8. The molecular formula is C31H30N2O9S. The number of amides is 2. The summed E-state index contributed by atoms with van der Waals surface area (Å²) in [5, 5.41) is 12.5. The first-order valence-electron chi connectivity index (χ1n) is 13.5. The van der Waals surface area contributed by atoms with Gasteiger partial charge >= 0.3 is 5.97 Å². The Labute approximate surface area is 252 Å². The van der Waals surface area contributed by atoms with Crippen LogP contribution in [0.2, 0.25) is 0 Å². The van der Waals surface area contributed by atoms with Crippen molar-refractivity contribution in [2.75, 3.05) is 19.5 Å². The lowest BCUT2D eigenvalue weighted by atomic mass is 10.1. The topological polar surface area (TPSA) is 141 Å². The van der Waals surface area contributed by atoms with E-state index in [0.29, 0.717) is 29.2 Å². The smallest absolute Gasteiger partial charge is 0.356 e. The van der Waals surface area contributed by atoms with Crippen molar-refractivity contribution in [3.63, 3.8) is 0 Å². The van der Waals surface area contributed by atoms with Crippen LogP contribution in [0.5, 0.6) is 17.2 Å². The van der Waals surface area contributed by atoms with E-state index in [9.17, 15) is 24.3 Å². The predicted octanol–water partition coefficient (Wildman–Crippen LogP) is 2.09. The number of para-hydroxylation sites is 2. The number of nitrogens with one attached hydrogen (secondary N) is 1. The maximum atomic E-state index is 13.1. The van der Waals surface area contributed by atoms with Crippen LogP contribution in [0.3, 0.4) is 0 Å². The second-order valence-corrected chi connectivity index (χ2v) is 10.9. The summed E-state index contributed by atoms with van der Waals surface area (Å²) in [6, 6.07) is 21.7. The Balaban J connectivity index is 1.21. The van der Waals surface area contributed by atoms with Gasteiger partial charge in [-0.25, -0.2) is 4.79 Å². The lowest BCUT2D eigenvalue weighted by molar-refractivity contribution is -0.183. The number of aliphatic hydroxyl groups excluding tert-OH is 1. The van der Waals surface area contributed by atoms with E-state index >= 15 is 0 Å². The van der Waals surface area contributed by atoms with Crippen molar-refractivity contribution >= 4 is 35.3 Å². The van der Waals surface area contributed by atoms with E-state index in [4.69, 9.17) is 18.9 Å². The molecule has 12 heteroatoms. The van der Waals surface area contributed by atoms with Gasteiger partial charge in [-0.3, -0.25) is 19.3 Å². The third-order valence-corrected chi connectivity index (χ3v) is 8.22. The Morgan fingerprint density at radius 3 is 2.47 bits per heavy atom. The van der Waals surface area contributed by atoms with Crippen LogP contribution in [0, 0.1) is 0 Å². The van der Waals surface area contributed by atoms with Crippen LogP contribution < -0.4 is 19.5 Å². The van der Waals surface area contributed by atoms with Crippen LogP contribution in [0.25, 0.3) is 0 Å². The van der Waals surface area contributed by atoms with Crippen LogP contribution in [0.15, 0.2) is 78.9 Å². The zero-order chi connectivity index (χ0) is 30.3. The minimum atomic E-state index is -1.95. The Kier molecular flexibility index (Phi) is 9.48. The summed E-state index contributed by atoms with van der Waals surface area (Å²) in [6.07, 6.45) is -2.22. The molecule has 224 valence electrons. The molecule has 3 aromatic carbocycles. The minimum Gasteiger partial charge on any atom is -0.497 e. The third-order valence-electron chi connectivity index (χ3n) is 6.93. The molecule has 0 aliphatic carbocycles. The number of ether oxygens (including phenoxy) is 4. The average Bonchev–Trinajstić information content (AvgIpc) is 3.48. The Bertz CT molecular complexity index is 1440. The number of β-lactam (4-membered cyclic amide) rings is 1. The van der Waals surface area contributed by atoms with E-state index in [1.54, 1.807) is 60.7 Å². The quantitative estimate of drug-likeness (QED) is 0.220. The number of carbonyl (C=O) groups is 4. The van der Waals surface area contributed by atoms with Crippen molar-refractivity contribution < 1.29 is 43.2 Å². The van der Waals surface area contributed by atoms with Gasteiger partial charge in [0.25, 0.3) is 11.8 Å². The summed E-state index contributed by atoms with van der Waals surface area (Å²) < 4.78 is 21.6. The van der Waals surface area contributed by atoms with Gasteiger partial charge in [-0.2, -0.15) is 0 Å².